The van der Waals surface area contributed by atoms with Crippen LogP contribution in [0.5, 0.6) is 0 Å². The van der Waals surface area contributed by atoms with E-state index in [-0.39, 0.29) is 0 Å². The summed E-state index contributed by atoms with van der Waals surface area (Å²) in [5.41, 5.74) is 13.8. The van der Waals surface area contributed by atoms with Gasteiger partial charge in [0.1, 0.15) is 0 Å². The first-order valence-corrected chi connectivity index (χ1v) is 18.4. The molecule has 0 radical (unpaired) electrons. The minimum atomic E-state index is 0.537. The summed E-state index contributed by atoms with van der Waals surface area (Å²) in [6, 6.07) is 52.3. The van der Waals surface area contributed by atoms with Crippen LogP contribution < -0.4 is 0 Å². The molecule has 7 rings (SSSR count). The van der Waals surface area contributed by atoms with Crippen LogP contribution in [0, 0.1) is 5.92 Å². The van der Waals surface area contributed by atoms with Crippen molar-refractivity contribution >= 4 is 33.3 Å². The van der Waals surface area contributed by atoms with E-state index in [2.05, 4.69) is 196 Å². The predicted molar refractivity (Wildman–Crippen MR) is 226 cm³/mol. The van der Waals surface area contributed by atoms with Crippen molar-refractivity contribution in [3.63, 3.8) is 0 Å². The van der Waals surface area contributed by atoms with E-state index in [9.17, 15) is 0 Å². The summed E-state index contributed by atoms with van der Waals surface area (Å²) in [5.74, 6) is 0.537. The van der Waals surface area contributed by atoms with Crippen LogP contribution in [0.25, 0.3) is 49.9 Å². The molecule has 0 saturated carbocycles. The van der Waals surface area contributed by atoms with E-state index >= 15 is 0 Å². The van der Waals surface area contributed by atoms with Crippen molar-refractivity contribution in [2.75, 3.05) is 0 Å². The molecular formula is C51H45N. The van der Waals surface area contributed by atoms with E-state index in [4.69, 9.17) is 4.99 Å². The third-order valence-corrected chi connectivity index (χ3v) is 10.0. The van der Waals surface area contributed by atoms with Crippen LogP contribution in [0.15, 0.2) is 194 Å². The van der Waals surface area contributed by atoms with E-state index in [1.54, 1.807) is 0 Å². The number of allylic oxidation sites excluding steroid dienone is 8. The van der Waals surface area contributed by atoms with Gasteiger partial charge in [-0.25, -0.2) is 0 Å². The largest absolute Gasteiger partial charge is 0.252 e. The number of hydrogen-bond acceptors (Lipinski definition) is 1. The highest BCUT2D eigenvalue weighted by atomic mass is 14.8. The topological polar surface area (TPSA) is 12.4 Å². The molecule has 254 valence electrons. The van der Waals surface area contributed by atoms with Gasteiger partial charge in [-0.05, 0) is 91.8 Å². The first-order chi connectivity index (χ1) is 25.6. The molecule has 0 bridgehead atoms. The molecule has 52 heavy (non-hydrogen) atoms. The van der Waals surface area contributed by atoms with Crippen molar-refractivity contribution in [1.29, 1.82) is 0 Å². The molecule has 0 amide bonds. The molecule has 1 heterocycles. The third-order valence-electron chi connectivity index (χ3n) is 10.0. The van der Waals surface area contributed by atoms with Gasteiger partial charge in [0, 0.05) is 11.3 Å². The summed E-state index contributed by atoms with van der Waals surface area (Å²) in [7, 11) is 0. The van der Waals surface area contributed by atoms with Gasteiger partial charge in [0.25, 0.3) is 0 Å². The predicted octanol–water partition coefficient (Wildman–Crippen LogP) is 14.1. The van der Waals surface area contributed by atoms with Crippen LogP contribution in [0.1, 0.15) is 55.4 Å². The fourth-order valence-electron chi connectivity index (χ4n) is 6.79. The minimum Gasteiger partial charge on any atom is -0.252 e. The average molecular weight is 672 g/mol. The van der Waals surface area contributed by atoms with Gasteiger partial charge >= 0.3 is 0 Å². The fraction of sp³-hybridized carbons (Fsp3) is 0.118. The second kappa shape index (κ2) is 16.3. The number of benzene rings is 6. The highest BCUT2D eigenvalue weighted by Crippen LogP contribution is 2.33. The maximum absolute atomic E-state index is 5.47. The minimum absolute atomic E-state index is 0.537. The lowest BCUT2D eigenvalue weighted by Crippen LogP contribution is -2.04. The lowest BCUT2D eigenvalue weighted by molar-refractivity contribution is 0.698. The summed E-state index contributed by atoms with van der Waals surface area (Å²) in [6.45, 7) is 8.61. The molecule has 1 nitrogen and oxygen atoms in total. The van der Waals surface area contributed by atoms with Gasteiger partial charge in [-0.1, -0.05) is 197 Å². The second-order valence-electron chi connectivity index (χ2n) is 13.5. The van der Waals surface area contributed by atoms with Crippen molar-refractivity contribution in [2.45, 2.75) is 33.1 Å². The molecular weight excluding hydrogens is 627 g/mol. The molecule has 1 aliphatic rings. The molecule has 0 spiro atoms. The Morgan fingerprint density at radius 1 is 0.692 bits per heavy atom. The monoisotopic (exact) mass is 671 g/mol. The molecule has 6 aromatic carbocycles. The van der Waals surface area contributed by atoms with Gasteiger partial charge in [0.15, 0.2) is 0 Å². The quantitative estimate of drug-likeness (QED) is 0.129. The first-order valence-electron chi connectivity index (χ1n) is 18.4. The van der Waals surface area contributed by atoms with Gasteiger partial charge in [-0.15, -0.1) is 0 Å². The number of fused-ring (bicyclic) bond motifs is 1. The van der Waals surface area contributed by atoms with Crippen molar-refractivity contribution in [3.05, 3.63) is 211 Å². The highest BCUT2D eigenvalue weighted by molar-refractivity contribution is 6.05. The summed E-state index contributed by atoms with van der Waals surface area (Å²) < 4.78 is 0. The third kappa shape index (κ3) is 7.96. The maximum Gasteiger partial charge on any atom is 0.0711 e. The molecule has 0 saturated heterocycles. The van der Waals surface area contributed by atoms with Gasteiger partial charge < -0.3 is 0 Å². The number of nitrogens with zero attached hydrogens (tertiary/aromatic N) is 1. The molecule has 1 heteroatoms. The Morgan fingerprint density at radius 2 is 1.35 bits per heavy atom. The zero-order valence-corrected chi connectivity index (χ0v) is 30.2. The first kappa shape index (κ1) is 34.4. The molecule has 1 atom stereocenters. The maximum atomic E-state index is 5.47. The smallest absolute Gasteiger partial charge is 0.0711 e. The van der Waals surface area contributed by atoms with E-state index in [1.165, 1.54) is 44.2 Å². The molecule has 0 N–H and O–H groups in total. The molecule has 0 aromatic heterocycles. The Morgan fingerprint density at radius 3 is 2.13 bits per heavy atom. The normalized spacial score (nSPS) is 15.3. The Bertz CT molecular complexity index is 2320. The summed E-state index contributed by atoms with van der Waals surface area (Å²) in [6.07, 6.45) is 16.0. The lowest BCUT2D eigenvalue weighted by Gasteiger charge is -2.16. The summed E-state index contributed by atoms with van der Waals surface area (Å²) in [5, 5.41) is 2.52. The van der Waals surface area contributed by atoms with Crippen LogP contribution in [0.2, 0.25) is 0 Å². The highest BCUT2D eigenvalue weighted by Gasteiger charge is 2.14. The standard InChI is InChI=1S/C51H45N/c1-4-37(3)15-11-19-38(5-2)45-21-12-23-47(35-45)51-36-46(41-29-27-40(28-30-41)39-16-7-6-8-17-39)22-14-26-50(52-51)44-33-31-43(32-34-44)49-25-13-20-42-18-9-10-24-48(42)49/h5-13,15-25,27-37H,2,4,14,26H2,1,3H3/b15-11-,38-19+,46-22+,51-36?,52-50?. The molecule has 0 fully saturated rings. The van der Waals surface area contributed by atoms with Crippen molar-refractivity contribution in [1.82, 2.24) is 0 Å². The number of rotatable bonds is 10. The molecule has 0 aliphatic carbocycles. The Labute approximate surface area is 309 Å². The zero-order chi connectivity index (χ0) is 35.7. The fourth-order valence-corrected chi connectivity index (χ4v) is 6.79. The van der Waals surface area contributed by atoms with Crippen molar-refractivity contribution < 1.29 is 0 Å². The molecule has 6 aromatic rings. The average Bonchev–Trinajstić information content (AvgIpc) is 3.20. The van der Waals surface area contributed by atoms with Gasteiger partial charge in [-0.2, -0.15) is 0 Å². The van der Waals surface area contributed by atoms with Crippen LogP contribution >= 0.6 is 0 Å². The molecule has 1 unspecified atom stereocenters. The number of hydrogen-bond donors (Lipinski definition) is 0. The van der Waals surface area contributed by atoms with Crippen molar-refractivity contribution in [3.8, 4) is 22.3 Å². The molecule has 1 aliphatic heterocycles. The van der Waals surface area contributed by atoms with Crippen LogP contribution in [-0.2, 0) is 0 Å². The second-order valence-corrected chi connectivity index (χ2v) is 13.5. The van der Waals surface area contributed by atoms with E-state index in [1.807, 2.05) is 6.08 Å². The lowest BCUT2D eigenvalue weighted by atomic mass is 9.93. The van der Waals surface area contributed by atoms with Crippen LogP contribution in [-0.4, -0.2) is 5.71 Å². The Balaban J connectivity index is 1.27. The van der Waals surface area contributed by atoms with E-state index in [0.29, 0.717) is 5.92 Å². The van der Waals surface area contributed by atoms with Gasteiger partial charge in [0.2, 0.25) is 0 Å². The van der Waals surface area contributed by atoms with Crippen LogP contribution in [0.4, 0.5) is 0 Å². The van der Waals surface area contributed by atoms with E-state index < -0.39 is 0 Å². The zero-order valence-electron chi connectivity index (χ0n) is 30.2. The van der Waals surface area contributed by atoms with E-state index in [0.717, 1.165) is 52.9 Å². The van der Waals surface area contributed by atoms with Gasteiger partial charge in [0.05, 0.1) is 5.70 Å². The van der Waals surface area contributed by atoms with Crippen LogP contribution in [0.3, 0.4) is 0 Å². The summed E-state index contributed by atoms with van der Waals surface area (Å²) >= 11 is 0. The van der Waals surface area contributed by atoms with Gasteiger partial charge in [-0.3, -0.25) is 4.99 Å². The number of aliphatic imine (C=N–C) groups is 1. The Hall–Kier alpha value is -6.05. The van der Waals surface area contributed by atoms with Crippen molar-refractivity contribution in [2.24, 2.45) is 10.9 Å². The SMILES string of the molecule is C=C/C(=C\C=C/C(C)CC)c1cccc(C2=C/C(c3ccc(-c4ccccc4)cc3)=C\CCC(c3ccc(-c4cccc5ccccc45)cc3)=N2)c1. The summed E-state index contributed by atoms with van der Waals surface area (Å²) in [4.78, 5) is 5.47. The Kier molecular flexibility index (Phi) is 10.8.